The van der Waals surface area contributed by atoms with Crippen molar-refractivity contribution in [2.75, 3.05) is 19.8 Å². The summed E-state index contributed by atoms with van der Waals surface area (Å²) in [6.07, 6.45) is 1.14. The van der Waals surface area contributed by atoms with Gasteiger partial charge in [-0.1, -0.05) is 46.8 Å². The highest BCUT2D eigenvalue weighted by Gasteiger charge is 2.27. The Hall–Kier alpha value is -1.06. The van der Waals surface area contributed by atoms with Crippen molar-refractivity contribution in [2.45, 2.75) is 59.4 Å². The highest BCUT2D eigenvalue weighted by molar-refractivity contribution is 5.31. The third kappa shape index (κ3) is 7.28. The van der Waals surface area contributed by atoms with Crippen molar-refractivity contribution in [3.63, 3.8) is 0 Å². The lowest BCUT2D eigenvalue weighted by atomic mass is 9.72. The Bertz CT molecular complexity index is 430. The van der Waals surface area contributed by atoms with Gasteiger partial charge in [0.05, 0.1) is 13.2 Å². The third-order valence-corrected chi connectivity index (χ3v) is 3.49. The minimum Gasteiger partial charge on any atom is -0.491 e. The number of rotatable bonds is 8. The van der Waals surface area contributed by atoms with E-state index in [-0.39, 0.29) is 11.5 Å². The maximum absolute atomic E-state index is 5.69. The fraction of sp³-hybridized carbons (Fsp3) is 0.684. The van der Waals surface area contributed by atoms with Gasteiger partial charge < -0.3 is 15.2 Å². The monoisotopic (exact) mass is 307 g/mol. The summed E-state index contributed by atoms with van der Waals surface area (Å²) in [6.45, 7) is 15.1. The molecule has 0 aliphatic heterocycles. The maximum Gasteiger partial charge on any atom is 0.119 e. The van der Waals surface area contributed by atoms with E-state index in [1.807, 2.05) is 19.1 Å². The Morgan fingerprint density at radius 3 is 2.09 bits per heavy atom. The van der Waals surface area contributed by atoms with Crippen molar-refractivity contribution >= 4 is 0 Å². The summed E-state index contributed by atoms with van der Waals surface area (Å²) in [4.78, 5) is 0. The van der Waals surface area contributed by atoms with E-state index >= 15 is 0 Å². The van der Waals surface area contributed by atoms with Crippen LogP contribution in [-0.2, 0) is 10.2 Å². The molecule has 0 radical (unpaired) electrons. The smallest absolute Gasteiger partial charge is 0.119 e. The second-order valence-corrected chi connectivity index (χ2v) is 8.05. The van der Waals surface area contributed by atoms with Crippen LogP contribution in [0.5, 0.6) is 5.75 Å². The number of hydrogen-bond acceptors (Lipinski definition) is 3. The summed E-state index contributed by atoms with van der Waals surface area (Å²) < 4.78 is 11.1. The average molecular weight is 307 g/mol. The first-order valence-corrected chi connectivity index (χ1v) is 8.17. The topological polar surface area (TPSA) is 44.5 Å². The standard InChI is InChI=1S/C19H33NO2/c1-15(20)13-21-11-12-22-17-9-7-16(8-10-17)19(5,6)14-18(2,3)4/h7-10,15H,11-14,20H2,1-6H3. The zero-order valence-electron chi connectivity index (χ0n) is 15.1. The van der Waals surface area contributed by atoms with E-state index in [0.29, 0.717) is 25.2 Å². The highest BCUT2D eigenvalue weighted by atomic mass is 16.5. The number of ether oxygens (including phenoxy) is 2. The normalized spacial score (nSPS) is 14.0. The molecule has 3 heteroatoms. The molecule has 0 spiro atoms. The molecule has 1 aromatic carbocycles. The summed E-state index contributed by atoms with van der Waals surface area (Å²) in [5, 5.41) is 0. The molecule has 1 aromatic rings. The first kappa shape index (κ1) is 19.0. The van der Waals surface area contributed by atoms with E-state index in [9.17, 15) is 0 Å². The van der Waals surface area contributed by atoms with E-state index < -0.39 is 0 Å². The van der Waals surface area contributed by atoms with Crippen LogP contribution in [0.4, 0.5) is 0 Å². The largest absolute Gasteiger partial charge is 0.491 e. The molecule has 1 unspecified atom stereocenters. The van der Waals surface area contributed by atoms with Gasteiger partial charge in [0, 0.05) is 6.04 Å². The molecule has 0 saturated carbocycles. The Morgan fingerprint density at radius 2 is 1.59 bits per heavy atom. The van der Waals surface area contributed by atoms with E-state index in [2.05, 4.69) is 46.8 Å². The Balaban J connectivity index is 2.49. The highest BCUT2D eigenvalue weighted by Crippen LogP contribution is 2.36. The van der Waals surface area contributed by atoms with Crippen molar-refractivity contribution in [1.29, 1.82) is 0 Å². The van der Waals surface area contributed by atoms with Gasteiger partial charge in [-0.25, -0.2) is 0 Å². The van der Waals surface area contributed by atoms with Crippen LogP contribution in [0, 0.1) is 5.41 Å². The molecule has 0 aliphatic carbocycles. The molecule has 0 bridgehead atoms. The fourth-order valence-corrected chi connectivity index (χ4v) is 2.92. The van der Waals surface area contributed by atoms with Crippen molar-refractivity contribution in [1.82, 2.24) is 0 Å². The number of hydrogen-bond donors (Lipinski definition) is 1. The predicted molar refractivity (Wildman–Crippen MR) is 93.5 cm³/mol. The van der Waals surface area contributed by atoms with Crippen molar-refractivity contribution in [3.05, 3.63) is 29.8 Å². The summed E-state index contributed by atoms with van der Waals surface area (Å²) in [5.41, 5.74) is 7.45. The van der Waals surface area contributed by atoms with Gasteiger partial charge in [0.2, 0.25) is 0 Å². The summed E-state index contributed by atoms with van der Waals surface area (Å²) in [6, 6.07) is 8.51. The second-order valence-electron chi connectivity index (χ2n) is 8.05. The van der Waals surface area contributed by atoms with Crippen LogP contribution in [0.25, 0.3) is 0 Å². The van der Waals surface area contributed by atoms with Crippen LogP contribution in [0.15, 0.2) is 24.3 Å². The lowest BCUT2D eigenvalue weighted by Gasteiger charge is -2.33. The van der Waals surface area contributed by atoms with Gasteiger partial charge in [-0.05, 0) is 41.9 Å². The number of nitrogens with two attached hydrogens (primary N) is 1. The molecular formula is C19H33NO2. The zero-order valence-corrected chi connectivity index (χ0v) is 15.1. The molecule has 3 nitrogen and oxygen atoms in total. The average Bonchev–Trinajstić information content (AvgIpc) is 2.35. The van der Waals surface area contributed by atoms with Crippen molar-refractivity contribution in [3.8, 4) is 5.75 Å². The van der Waals surface area contributed by atoms with E-state index in [1.54, 1.807) is 0 Å². The summed E-state index contributed by atoms with van der Waals surface area (Å²) in [7, 11) is 0. The SMILES string of the molecule is CC(N)COCCOc1ccc(C(C)(C)CC(C)(C)C)cc1. The van der Waals surface area contributed by atoms with E-state index in [0.717, 1.165) is 12.2 Å². The van der Waals surface area contributed by atoms with Gasteiger partial charge in [0.1, 0.15) is 12.4 Å². The van der Waals surface area contributed by atoms with Crippen molar-refractivity contribution < 1.29 is 9.47 Å². The van der Waals surface area contributed by atoms with Crippen LogP contribution in [0.1, 0.15) is 53.5 Å². The second kappa shape index (κ2) is 7.98. The van der Waals surface area contributed by atoms with Gasteiger partial charge in [-0.2, -0.15) is 0 Å². The molecule has 0 saturated heterocycles. The summed E-state index contributed by atoms with van der Waals surface area (Å²) >= 11 is 0. The van der Waals surface area contributed by atoms with Crippen LogP contribution in [0.3, 0.4) is 0 Å². The van der Waals surface area contributed by atoms with E-state index in [1.165, 1.54) is 5.56 Å². The molecule has 0 aliphatic rings. The molecule has 0 heterocycles. The van der Waals surface area contributed by atoms with Crippen molar-refractivity contribution in [2.24, 2.45) is 11.1 Å². The third-order valence-electron chi connectivity index (χ3n) is 3.49. The molecule has 1 rings (SSSR count). The van der Waals surface area contributed by atoms with Crippen LogP contribution >= 0.6 is 0 Å². The molecular weight excluding hydrogens is 274 g/mol. The fourth-order valence-electron chi connectivity index (χ4n) is 2.92. The zero-order chi connectivity index (χ0) is 16.8. The van der Waals surface area contributed by atoms with Crippen LogP contribution < -0.4 is 10.5 Å². The van der Waals surface area contributed by atoms with Crippen LogP contribution in [-0.4, -0.2) is 25.9 Å². The van der Waals surface area contributed by atoms with Gasteiger partial charge in [-0.15, -0.1) is 0 Å². The minimum absolute atomic E-state index is 0.0735. The Labute approximate surface area is 136 Å². The van der Waals surface area contributed by atoms with Gasteiger partial charge >= 0.3 is 0 Å². The van der Waals surface area contributed by atoms with Gasteiger partial charge in [-0.3, -0.25) is 0 Å². The first-order chi connectivity index (χ1) is 10.1. The molecule has 22 heavy (non-hydrogen) atoms. The summed E-state index contributed by atoms with van der Waals surface area (Å²) in [5.74, 6) is 0.889. The quantitative estimate of drug-likeness (QED) is 0.734. The predicted octanol–water partition coefficient (Wildman–Crippen LogP) is 4.14. The lowest BCUT2D eigenvalue weighted by molar-refractivity contribution is 0.0930. The Kier molecular flexibility index (Phi) is 6.89. The Morgan fingerprint density at radius 1 is 1.00 bits per heavy atom. The lowest BCUT2D eigenvalue weighted by Crippen LogP contribution is -2.24. The maximum atomic E-state index is 5.69. The van der Waals surface area contributed by atoms with Gasteiger partial charge in [0.15, 0.2) is 0 Å². The molecule has 0 amide bonds. The van der Waals surface area contributed by atoms with Crippen LogP contribution in [0.2, 0.25) is 0 Å². The molecule has 126 valence electrons. The minimum atomic E-state index is 0.0735. The van der Waals surface area contributed by atoms with Gasteiger partial charge in [0.25, 0.3) is 0 Å². The molecule has 1 atom stereocenters. The first-order valence-electron chi connectivity index (χ1n) is 8.17. The molecule has 0 aromatic heterocycles. The molecule has 0 fully saturated rings. The van der Waals surface area contributed by atoms with E-state index in [4.69, 9.17) is 15.2 Å². The molecule has 2 N–H and O–H groups in total. The number of benzene rings is 1.